The van der Waals surface area contributed by atoms with Crippen LogP contribution in [0.5, 0.6) is 5.75 Å². The molecule has 0 saturated heterocycles. The molecule has 1 aliphatic heterocycles. The predicted octanol–water partition coefficient (Wildman–Crippen LogP) is 1.62. The van der Waals surface area contributed by atoms with Crippen molar-refractivity contribution in [3.05, 3.63) is 29.3 Å². The summed E-state index contributed by atoms with van der Waals surface area (Å²) < 4.78 is 4.91. The Bertz CT molecular complexity index is 344. The maximum atomic E-state index is 11.1. The van der Waals surface area contributed by atoms with Gasteiger partial charge in [0.05, 0.1) is 5.56 Å². The molecule has 62 valence electrons. The quantitative estimate of drug-likeness (QED) is 0.592. The third kappa shape index (κ3) is 0.794. The summed E-state index contributed by atoms with van der Waals surface area (Å²) in [5.74, 6) is -0.223. The van der Waals surface area contributed by atoms with Crippen molar-refractivity contribution >= 4 is 5.97 Å². The Balaban J connectivity index is 2.67. The van der Waals surface area contributed by atoms with Crippen molar-refractivity contribution in [3.63, 3.8) is 0 Å². The van der Waals surface area contributed by atoms with Crippen molar-refractivity contribution in [2.75, 3.05) is 0 Å². The van der Waals surface area contributed by atoms with Crippen molar-refractivity contribution in [1.82, 2.24) is 0 Å². The summed E-state index contributed by atoms with van der Waals surface area (Å²) in [6, 6.07) is 4.84. The molecule has 1 aromatic rings. The number of phenolic OH excluding ortho intramolecular Hbond substituents is 1. The van der Waals surface area contributed by atoms with Gasteiger partial charge in [-0.3, -0.25) is 0 Å². The highest BCUT2D eigenvalue weighted by molar-refractivity contribution is 5.94. The SMILES string of the molecule is CC1OC(=O)c2cccc(O)c21. The van der Waals surface area contributed by atoms with Crippen molar-refractivity contribution in [2.45, 2.75) is 13.0 Å². The maximum Gasteiger partial charge on any atom is 0.339 e. The van der Waals surface area contributed by atoms with Gasteiger partial charge in [-0.15, -0.1) is 0 Å². The van der Waals surface area contributed by atoms with Crippen molar-refractivity contribution in [3.8, 4) is 5.75 Å². The van der Waals surface area contributed by atoms with Crippen molar-refractivity contribution < 1.29 is 14.6 Å². The van der Waals surface area contributed by atoms with Crippen LogP contribution in [0.25, 0.3) is 0 Å². The largest absolute Gasteiger partial charge is 0.508 e. The van der Waals surface area contributed by atoms with Gasteiger partial charge in [-0.1, -0.05) is 6.07 Å². The second-order valence-corrected chi connectivity index (χ2v) is 2.79. The lowest BCUT2D eigenvalue weighted by Crippen LogP contribution is -1.93. The molecule has 0 bridgehead atoms. The third-order valence-corrected chi connectivity index (χ3v) is 1.99. The van der Waals surface area contributed by atoms with E-state index in [0.717, 1.165) is 0 Å². The van der Waals surface area contributed by atoms with Crippen LogP contribution in [-0.4, -0.2) is 11.1 Å². The molecule has 3 heteroatoms. The van der Waals surface area contributed by atoms with E-state index in [1.54, 1.807) is 25.1 Å². The summed E-state index contributed by atoms with van der Waals surface area (Å²) in [7, 11) is 0. The second kappa shape index (κ2) is 2.24. The van der Waals surface area contributed by atoms with Gasteiger partial charge in [0.25, 0.3) is 0 Å². The summed E-state index contributed by atoms with van der Waals surface area (Å²) in [4.78, 5) is 11.1. The predicted molar refractivity (Wildman–Crippen MR) is 41.9 cm³/mol. The van der Waals surface area contributed by atoms with E-state index in [-0.39, 0.29) is 17.8 Å². The molecule has 12 heavy (non-hydrogen) atoms. The molecule has 0 amide bonds. The smallest absolute Gasteiger partial charge is 0.339 e. The van der Waals surface area contributed by atoms with E-state index in [9.17, 15) is 9.90 Å². The molecule has 0 saturated carbocycles. The lowest BCUT2D eigenvalue weighted by molar-refractivity contribution is 0.0420. The fourth-order valence-corrected chi connectivity index (χ4v) is 1.44. The van der Waals surface area contributed by atoms with Crippen LogP contribution in [0.3, 0.4) is 0 Å². The molecule has 1 atom stereocenters. The van der Waals surface area contributed by atoms with Gasteiger partial charge < -0.3 is 9.84 Å². The van der Waals surface area contributed by atoms with Crippen LogP contribution in [0.1, 0.15) is 28.9 Å². The number of aromatic hydroxyl groups is 1. The Kier molecular flexibility index (Phi) is 1.33. The van der Waals surface area contributed by atoms with Gasteiger partial charge in [0.2, 0.25) is 0 Å². The Hall–Kier alpha value is -1.51. The molecule has 1 N–H and O–H groups in total. The number of carbonyl (C=O) groups excluding carboxylic acids is 1. The fourth-order valence-electron chi connectivity index (χ4n) is 1.44. The molecule has 0 aromatic heterocycles. The molecule has 0 fully saturated rings. The van der Waals surface area contributed by atoms with Crippen molar-refractivity contribution in [2.24, 2.45) is 0 Å². The van der Waals surface area contributed by atoms with Crippen LogP contribution >= 0.6 is 0 Å². The zero-order valence-corrected chi connectivity index (χ0v) is 6.57. The lowest BCUT2D eigenvalue weighted by atomic mass is 10.1. The highest BCUT2D eigenvalue weighted by Crippen LogP contribution is 2.36. The molecule has 1 heterocycles. The second-order valence-electron chi connectivity index (χ2n) is 2.79. The number of fused-ring (bicyclic) bond motifs is 1. The van der Waals surface area contributed by atoms with Gasteiger partial charge >= 0.3 is 5.97 Å². The highest BCUT2D eigenvalue weighted by Gasteiger charge is 2.29. The van der Waals surface area contributed by atoms with E-state index in [0.29, 0.717) is 11.1 Å². The van der Waals surface area contributed by atoms with Gasteiger partial charge in [-0.2, -0.15) is 0 Å². The average Bonchev–Trinajstić information content (AvgIpc) is 2.29. The number of cyclic esters (lactones) is 1. The molecule has 1 aromatic carbocycles. The lowest BCUT2D eigenvalue weighted by Gasteiger charge is -2.03. The number of hydrogen-bond donors (Lipinski definition) is 1. The van der Waals surface area contributed by atoms with Gasteiger partial charge in [0, 0.05) is 5.56 Å². The Morgan fingerprint density at radius 1 is 1.50 bits per heavy atom. The standard InChI is InChI=1S/C9H8O3/c1-5-8-6(9(11)12-5)3-2-4-7(8)10/h2-5,10H,1H3. The topological polar surface area (TPSA) is 46.5 Å². The number of carbonyl (C=O) groups is 1. The summed E-state index contributed by atoms with van der Waals surface area (Å²) in [6.45, 7) is 1.74. The molecule has 2 rings (SSSR count). The zero-order chi connectivity index (χ0) is 8.72. The molecule has 1 aliphatic rings. The van der Waals surface area contributed by atoms with Crippen LogP contribution in [0.15, 0.2) is 18.2 Å². The minimum atomic E-state index is -0.353. The molecule has 1 unspecified atom stereocenters. The Labute approximate surface area is 69.6 Å². The normalized spacial score (nSPS) is 20.4. The number of benzene rings is 1. The van der Waals surface area contributed by atoms with E-state index in [4.69, 9.17) is 4.74 Å². The number of rotatable bonds is 0. The Morgan fingerprint density at radius 3 is 2.92 bits per heavy atom. The van der Waals surface area contributed by atoms with E-state index in [1.807, 2.05) is 0 Å². The molecule has 0 radical (unpaired) electrons. The minimum absolute atomic E-state index is 0.130. The van der Waals surface area contributed by atoms with Crippen LogP contribution in [-0.2, 0) is 4.74 Å². The first-order valence-electron chi connectivity index (χ1n) is 3.73. The van der Waals surface area contributed by atoms with E-state index in [2.05, 4.69) is 0 Å². The Morgan fingerprint density at radius 2 is 2.25 bits per heavy atom. The molecular weight excluding hydrogens is 156 g/mol. The van der Waals surface area contributed by atoms with Crippen LogP contribution in [0, 0.1) is 0 Å². The molecule has 3 nitrogen and oxygen atoms in total. The fraction of sp³-hybridized carbons (Fsp3) is 0.222. The average molecular weight is 164 g/mol. The number of phenols is 1. The van der Waals surface area contributed by atoms with Crippen LogP contribution in [0.2, 0.25) is 0 Å². The monoisotopic (exact) mass is 164 g/mol. The zero-order valence-electron chi connectivity index (χ0n) is 6.57. The highest BCUT2D eigenvalue weighted by atomic mass is 16.5. The summed E-state index contributed by atoms with van der Waals surface area (Å²) in [5.41, 5.74) is 1.07. The van der Waals surface area contributed by atoms with Gasteiger partial charge in [0.15, 0.2) is 0 Å². The molecular formula is C9H8O3. The van der Waals surface area contributed by atoms with E-state index < -0.39 is 0 Å². The molecule has 0 spiro atoms. The first-order chi connectivity index (χ1) is 5.70. The molecule has 0 aliphatic carbocycles. The number of ether oxygens (including phenoxy) is 1. The van der Waals surface area contributed by atoms with Crippen molar-refractivity contribution in [1.29, 1.82) is 0 Å². The summed E-state index contributed by atoms with van der Waals surface area (Å²) in [5, 5.41) is 9.39. The van der Waals surface area contributed by atoms with Gasteiger partial charge in [0.1, 0.15) is 11.9 Å². The number of esters is 1. The summed E-state index contributed by atoms with van der Waals surface area (Å²) in [6.07, 6.45) is -0.325. The first kappa shape index (κ1) is 7.16. The van der Waals surface area contributed by atoms with E-state index in [1.165, 1.54) is 0 Å². The van der Waals surface area contributed by atoms with Gasteiger partial charge in [-0.05, 0) is 19.1 Å². The maximum absolute atomic E-state index is 11.1. The summed E-state index contributed by atoms with van der Waals surface area (Å²) >= 11 is 0. The van der Waals surface area contributed by atoms with Crippen LogP contribution < -0.4 is 0 Å². The van der Waals surface area contributed by atoms with Gasteiger partial charge in [-0.25, -0.2) is 4.79 Å². The number of hydrogen-bond acceptors (Lipinski definition) is 3. The third-order valence-electron chi connectivity index (χ3n) is 1.99. The minimum Gasteiger partial charge on any atom is -0.508 e. The first-order valence-corrected chi connectivity index (χ1v) is 3.73. The van der Waals surface area contributed by atoms with E-state index >= 15 is 0 Å². The van der Waals surface area contributed by atoms with Crippen LogP contribution in [0.4, 0.5) is 0 Å².